The molecule has 2 heterocycles. The van der Waals surface area contributed by atoms with Crippen molar-refractivity contribution >= 4 is 39.0 Å². The molecule has 0 bridgehead atoms. The number of rotatable bonds is 5. The molecule has 0 spiro atoms. The summed E-state index contributed by atoms with van der Waals surface area (Å²) in [6.07, 6.45) is 4.10. The van der Waals surface area contributed by atoms with E-state index in [1.165, 1.54) is 22.5 Å². The van der Waals surface area contributed by atoms with Crippen LogP contribution < -0.4 is 5.11 Å². The number of thiophene rings is 1. The highest BCUT2D eigenvalue weighted by molar-refractivity contribution is 7.91. The SMILES string of the molecule is N#Cc1ccc(/C=C(\C(=O)[O-])c2ccc(S(=O)(=O)N3CCCCC3)s2)cc1. The molecular formula is C19H17N2O4S2-. The van der Waals surface area contributed by atoms with Crippen molar-refractivity contribution in [1.29, 1.82) is 5.26 Å². The molecule has 6 nitrogen and oxygen atoms in total. The molecule has 0 saturated carbocycles. The van der Waals surface area contributed by atoms with Crippen molar-refractivity contribution in [2.75, 3.05) is 13.1 Å². The van der Waals surface area contributed by atoms with Gasteiger partial charge in [0, 0.05) is 23.5 Å². The van der Waals surface area contributed by atoms with Crippen molar-refractivity contribution in [3.63, 3.8) is 0 Å². The Kier molecular flexibility index (Phi) is 5.75. The first-order valence-corrected chi connectivity index (χ1v) is 10.7. The van der Waals surface area contributed by atoms with Gasteiger partial charge in [-0.25, -0.2) is 8.42 Å². The fourth-order valence-corrected chi connectivity index (χ4v) is 5.87. The summed E-state index contributed by atoms with van der Waals surface area (Å²) < 4.78 is 27.1. The first-order valence-electron chi connectivity index (χ1n) is 8.45. The summed E-state index contributed by atoms with van der Waals surface area (Å²) in [5.41, 5.74) is 0.958. The monoisotopic (exact) mass is 401 g/mol. The van der Waals surface area contributed by atoms with Crippen LogP contribution in [0.1, 0.15) is 35.3 Å². The Morgan fingerprint density at radius 1 is 1.11 bits per heavy atom. The maximum Gasteiger partial charge on any atom is 0.252 e. The summed E-state index contributed by atoms with van der Waals surface area (Å²) in [5.74, 6) is -1.39. The zero-order valence-corrected chi connectivity index (χ0v) is 16.1. The third-order valence-electron chi connectivity index (χ3n) is 4.33. The molecule has 1 aromatic carbocycles. The lowest BCUT2D eigenvalue weighted by Crippen LogP contribution is -2.35. The zero-order valence-electron chi connectivity index (χ0n) is 14.4. The lowest BCUT2D eigenvalue weighted by atomic mass is 10.1. The number of nitrogens with zero attached hydrogens (tertiary/aromatic N) is 2. The number of carbonyl (C=O) groups is 1. The predicted octanol–water partition coefficient (Wildman–Crippen LogP) is 2.08. The van der Waals surface area contributed by atoms with E-state index < -0.39 is 16.0 Å². The highest BCUT2D eigenvalue weighted by atomic mass is 32.2. The number of hydrogen-bond acceptors (Lipinski definition) is 6. The molecule has 1 aliphatic rings. The van der Waals surface area contributed by atoms with Gasteiger partial charge in [0.15, 0.2) is 0 Å². The van der Waals surface area contributed by atoms with Gasteiger partial charge in [0.05, 0.1) is 17.6 Å². The van der Waals surface area contributed by atoms with Crippen LogP contribution in [0.15, 0.2) is 40.6 Å². The quantitative estimate of drug-likeness (QED) is 0.714. The number of sulfonamides is 1. The van der Waals surface area contributed by atoms with Crippen molar-refractivity contribution in [3.05, 3.63) is 52.4 Å². The number of carboxylic acid groups (broad SMARTS) is 1. The molecule has 1 fully saturated rings. The number of aliphatic carboxylic acids is 1. The van der Waals surface area contributed by atoms with Gasteiger partial charge in [-0.2, -0.15) is 9.57 Å². The smallest absolute Gasteiger partial charge is 0.252 e. The van der Waals surface area contributed by atoms with Gasteiger partial charge in [0.2, 0.25) is 0 Å². The maximum atomic E-state index is 12.7. The maximum absolute atomic E-state index is 12.7. The molecule has 1 saturated heterocycles. The number of carboxylic acids is 1. The summed E-state index contributed by atoms with van der Waals surface area (Å²) >= 11 is 0.926. The highest BCUT2D eigenvalue weighted by Gasteiger charge is 2.27. The van der Waals surface area contributed by atoms with E-state index in [1.54, 1.807) is 24.3 Å². The molecule has 8 heteroatoms. The summed E-state index contributed by atoms with van der Waals surface area (Å²) in [6.45, 7) is 0.980. The van der Waals surface area contributed by atoms with Gasteiger partial charge in [-0.3, -0.25) is 0 Å². The van der Waals surface area contributed by atoms with E-state index >= 15 is 0 Å². The standard InChI is InChI=1S/C19H18N2O4S2/c20-13-15-6-4-14(5-7-15)12-16(19(22)23)17-8-9-18(26-17)27(24,25)21-10-2-1-3-11-21/h4-9,12H,1-3,10-11H2,(H,22,23)/p-1/b16-12-. The topological polar surface area (TPSA) is 101 Å². The molecule has 1 aliphatic heterocycles. The second-order valence-electron chi connectivity index (χ2n) is 6.16. The summed E-state index contributed by atoms with van der Waals surface area (Å²) in [6, 6.07) is 11.3. The molecule has 0 atom stereocenters. The van der Waals surface area contributed by atoms with E-state index in [4.69, 9.17) is 5.26 Å². The number of hydrogen-bond donors (Lipinski definition) is 0. The lowest BCUT2D eigenvalue weighted by molar-refractivity contribution is -0.295. The minimum atomic E-state index is -3.61. The van der Waals surface area contributed by atoms with Gasteiger partial charge in [-0.15, -0.1) is 11.3 Å². The Morgan fingerprint density at radius 3 is 2.37 bits per heavy atom. The number of benzene rings is 1. The Balaban J connectivity index is 1.92. The van der Waals surface area contributed by atoms with Gasteiger partial charge < -0.3 is 9.90 Å². The van der Waals surface area contributed by atoms with Crippen LogP contribution in [0.5, 0.6) is 0 Å². The molecule has 0 amide bonds. The Bertz CT molecular complexity index is 1010. The van der Waals surface area contributed by atoms with Crippen molar-refractivity contribution < 1.29 is 18.3 Å². The van der Waals surface area contributed by atoms with Crippen molar-refractivity contribution in [1.82, 2.24) is 4.31 Å². The van der Waals surface area contributed by atoms with Crippen LogP contribution in [0.25, 0.3) is 11.6 Å². The summed E-state index contributed by atoms with van der Waals surface area (Å²) in [5, 5.41) is 20.4. The Hall–Kier alpha value is -2.47. The van der Waals surface area contributed by atoms with E-state index in [1.807, 2.05) is 6.07 Å². The van der Waals surface area contributed by atoms with Gasteiger partial charge in [0.1, 0.15) is 4.21 Å². The molecule has 3 rings (SSSR count). The first kappa shape index (κ1) is 19.3. The third kappa shape index (κ3) is 4.27. The lowest BCUT2D eigenvalue weighted by Gasteiger charge is -2.25. The van der Waals surface area contributed by atoms with Crippen LogP contribution in [-0.2, 0) is 14.8 Å². The first-order chi connectivity index (χ1) is 12.9. The minimum Gasteiger partial charge on any atom is -0.545 e. The normalized spacial score (nSPS) is 16.0. The van der Waals surface area contributed by atoms with E-state index in [0.29, 0.717) is 29.1 Å². The van der Waals surface area contributed by atoms with E-state index in [2.05, 4.69) is 0 Å². The Morgan fingerprint density at radius 2 is 1.78 bits per heavy atom. The summed E-state index contributed by atoms with van der Waals surface area (Å²) in [7, 11) is -3.61. The van der Waals surface area contributed by atoms with Gasteiger partial charge in [0.25, 0.3) is 10.0 Å². The number of carbonyl (C=O) groups excluding carboxylic acids is 1. The van der Waals surface area contributed by atoms with Crippen molar-refractivity contribution in [3.8, 4) is 6.07 Å². The minimum absolute atomic E-state index is 0.0928. The van der Waals surface area contributed by atoms with Crippen LogP contribution in [0.4, 0.5) is 0 Å². The second kappa shape index (κ2) is 8.05. The van der Waals surface area contributed by atoms with Gasteiger partial charge in [-0.05, 0) is 48.7 Å². The molecule has 2 aromatic rings. The molecular weight excluding hydrogens is 384 g/mol. The van der Waals surface area contributed by atoms with Crippen LogP contribution in [0.3, 0.4) is 0 Å². The Labute approximate surface area is 162 Å². The van der Waals surface area contributed by atoms with Crippen LogP contribution in [-0.4, -0.2) is 31.8 Å². The summed E-state index contributed by atoms with van der Waals surface area (Å²) in [4.78, 5) is 11.9. The van der Waals surface area contributed by atoms with Gasteiger partial charge >= 0.3 is 0 Å². The second-order valence-corrected chi connectivity index (χ2v) is 9.41. The average molecular weight is 401 g/mol. The molecule has 1 aromatic heterocycles. The predicted molar refractivity (Wildman–Crippen MR) is 101 cm³/mol. The molecule has 27 heavy (non-hydrogen) atoms. The average Bonchev–Trinajstić information content (AvgIpc) is 3.17. The molecule has 0 N–H and O–H groups in total. The fourth-order valence-electron chi connectivity index (χ4n) is 2.89. The van der Waals surface area contributed by atoms with Crippen LogP contribution in [0.2, 0.25) is 0 Å². The van der Waals surface area contributed by atoms with Crippen LogP contribution in [0, 0.1) is 11.3 Å². The molecule has 0 aliphatic carbocycles. The molecule has 0 radical (unpaired) electrons. The number of nitriles is 1. The largest absolute Gasteiger partial charge is 0.545 e. The molecule has 140 valence electrons. The number of piperidine rings is 1. The fraction of sp³-hybridized carbons (Fsp3) is 0.263. The van der Waals surface area contributed by atoms with E-state index in [9.17, 15) is 18.3 Å². The van der Waals surface area contributed by atoms with E-state index in [0.717, 1.165) is 30.6 Å². The zero-order chi connectivity index (χ0) is 19.4. The van der Waals surface area contributed by atoms with E-state index in [-0.39, 0.29) is 9.78 Å². The van der Waals surface area contributed by atoms with Crippen molar-refractivity contribution in [2.45, 2.75) is 23.5 Å². The third-order valence-corrected chi connectivity index (χ3v) is 7.81. The molecule has 0 unspecified atom stereocenters. The van der Waals surface area contributed by atoms with Crippen molar-refractivity contribution in [2.24, 2.45) is 0 Å². The highest BCUT2D eigenvalue weighted by Crippen LogP contribution is 2.31. The van der Waals surface area contributed by atoms with Crippen LogP contribution >= 0.6 is 11.3 Å². The van der Waals surface area contributed by atoms with Gasteiger partial charge in [-0.1, -0.05) is 18.6 Å².